The first-order chi connectivity index (χ1) is 7.66. The number of carbonyl (C=O) groups excluding carboxylic acids is 1. The summed E-state index contributed by atoms with van der Waals surface area (Å²) in [6, 6.07) is 3.21. The quantitative estimate of drug-likeness (QED) is 0.859. The first-order valence-corrected chi connectivity index (χ1v) is 5.49. The summed E-state index contributed by atoms with van der Waals surface area (Å²) in [5.41, 5.74) is 6.02. The van der Waals surface area contributed by atoms with Gasteiger partial charge in [-0.05, 0) is 12.1 Å². The third kappa shape index (κ3) is 2.29. The summed E-state index contributed by atoms with van der Waals surface area (Å²) in [5, 5.41) is 3.56. The van der Waals surface area contributed by atoms with E-state index in [1.54, 1.807) is 12.1 Å². The van der Waals surface area contributed by atoms with Crippen molar-refractivity contribution < 1.29 is 4.79 Å². The van der Waals surface area contributed by atoms with E-state index in [1.165, 1.54) is 12.4 Å². The van der Waals surface area contributed by atoms with Crippen LogP contribution in [0.5, 0.6) is 0 Å². The molecule has 0 atom stereocenters. The van der Waals surface area contributed by atoms with Crippen molar-refractivity contribution in [1.29, 1.82) is 0 Å². The van der Waals surface area contributed by atoms with Crippen LogP contribution in [0.1, 0.15) is 10.4 Å². The highest BCUT2D eigenvalue weighted by atomic mass is 35.5. The van der Waals surface area contributed by atoms with Crippen LogP contribution < -0.4 is 11.1 Å². The van der Waals surface area contributed by atoms with Crippen LogP contribution >= 0.6 is 22.9 Å². The van der Waals surface area contributed by atoms with Crippen LogP contribution in [0.15, 0.2) is 24.5 Å². The van der Waals surface area contributed by atoms with Crippen molar-refractivity contribution in [2.45, 2.75) is 0 Å². The number of nitrogens with one attached hydrogen (secondary N) is 1. The summed E-state index contributed by atoms with van der Waals surface area (Å²) >= 11 is 6.80. The van der Waals surface area contributed by atoms with E-state index in [4.69, 9.17) is 17.3 Å². The number of aromatic nitrogens is 2. The number of nitrogens with zero attached hydrogens (tertiary/aromatic N) is 2. The van der Waals surface area contributed by atoms with Crippen molar-refractivity contribution in [3.63, 3.8) is 0 Å². The van der Waals surface area contributed by atoms with E-state index in [0.717, 1.165) is 11.3 Å². The van der Waals surface area contributed by atoms with Crippen molar-refractivity contribution in [2.24, 2.45) is 0 Å². The van der Waals surface area contributed by atoms with Gasteiger partial charge in [0.15, 0.2) is 10.3 Å². The molecule has 3 N–H and O–H groups in total. The monoisotopic (exact) mass is 254 g/mol. The number of thiazole rings is 1. The smallest absolute Gasteiger partial charge is 0.257 e. The van der Waals surface area contributed by atoms with E-state index >= 15 is 0 Å². The Labute approximate surface area is 100 Å². The predicted octanol–water partition coefficient (Wildman–Crippen LogP) is 2.03. The summed E-state index contributed by atoms with van der Waals surface area (Å²) in [7, 11) is 0. The zero-order valence-corrected chi connectivity index (χ0v) is 9.55. The van der Waals surface area contributed by atoms with Gasteiger partial charge < -0.3 is 5.73 Å². The molecule has 0 aliphatic carbocycles. The van der Waals surface area contributed by atoms with Crippen LogP contribution in [0.4, 0.5) is 10.1 Å². The SMILES string of the molecule is Nc1sc(NC(=O)c2ccncc2)nc1Cl. The molecule has 0 aromatic carbocycles. The number of pyridine rings is 1. The van der Waals surface area contributed by atoms with E-state index < -0.39 is 0 Å². The number of amides is 1. The van der Waals surface area contributed by atoms with Gasteiger partial charge in [-0.25, -0.2) is 4.98 Å². The van der Waals surface area contributed by atoms with Crippen LogP contribution in [-0.4, -0.2) is 15.9 Å². The van der Waals surface area contributed by atoms with Gasteiger partial charge in [-0.2, -0.15) is 0 Å². The molecule has 16 heavy (non-hydrogen) atoms. The summed E-state index contributed by atoms with van der Waals surface area (Å²) in [6.07, 6.45) is 3.08. The summed E-state index contributed by atoms with van der Waals surface area (Å²) in [4.78, 5) is 19.4. The van der Waals surface area contributed by atoms with E-state index in [0.29, 0.717) is 15.7 Å². The fraction of sp³-hybridized carbons (Fsp3) is 0. The molecular weight excluding hydrogens is 248 g/mol. The number of carbonyl (C=O) groups is 1. The zero-order chi connectivity index (χ0) is 11.5. The summed E-state index contributed by atoms with van der Waals surface area (Å²) in [5.74, 6) is -0.271. The van der Waals surface area contributed by atoms with Gasteiger partial charge >= 0.3 is 0 Å². The third-order valence-electron chi connectivity index (χ3n) is 1.77. The summed E-state index contributed by atoms with van der Waals surface area (Å²) in [6.45, 7) is 0. The van der Waals surface area contributed by atoms with E-state index in [2.05, 4.69) is 15.3 Å². The van der Waals surface area contributed by atoms with Gasteiger partial charge in [-0.1, -0.05) is 22.9 Å². The van der Waals surface area contributed by atoms with Crippen molar-refractivity contribution in [2.75, 3.05) is 11.1 Å². The standard InChI is InChI=1S/C9H7ClN4OS/c10-6-7(11)16-9(13-6)14-8(15)5-1-3-12-4-2-5/h1-4H,11H2,(H,13,14,15). The Balaban J connectivity index is 2.14. The fourth-order valence-corrected chi connectivity index (χ4v) is 1.91. The van der Waals surface area contributed by atoms with Gasteiger partial charge in [0, 0.05) is 18.0 Å². The molecule has 0 unspecified atom stereocenters. The Morgan fingerprint density at radius 3 is 2.69 bits per heavy atom. The fourth-order valence-electron chi connectivity index (χ4n) is 1.04. The molecule has 2 heterocycles. The Hall–Kier alpha value is -1.66. The molecule has 0 saturated carbocycles. The second kappa shape index (κ2) is 4.46. The number of anilines is 2. The second-order valence-electron chi connectivity index (χ2n) is 2.86. The lowest BCUT2D eigenvalue weighted by atomic mass is 10.2. The van der Waals surface area contributed by atoms with Crippen molar-refractivity contribution in [3.8, 4) is 0 Å². The minimum Gasteiger partial charge on any atom is -0.388 e. The highest BCUT2D eigenvalue weighted by molar-refractivity contribution is 7.20. The van der Waals surface area contributed by atoms with Gasteiger partial charge in [0.1, 0.15) is 5.00 Å². The molecule has 82 valence electrons. The van der Waals surface area contributed by atoms with Crippen LogP contribution in [0.25, 0.3) is 0 Å². The molecule has 0 saturated heterocycles. The van der Waals surface area contributed by atoms with Crippen molar-refractivity contribution in [3.05, 3.63) is 35.2 Å². The van der Waals surface area contributed by atoms with Crippen LogP contribution in [0, 0.1) is 0 Å². The van der Waals surface area contributed by atoms with E-state index in [9.17, 15) is 4.79 Å². The molecule has 2 aromatic heterocycles. The lowest BCUT2D eigenvalue weighted by Crippen LogP contribution is -2.11. The third-order valence-corrected chi connectivity index (χ3v) is 2.97. The topological polar surface area (TPSA) is 80.9 Å². The number of nitrogens with two attached hydrogens (primary N) is 1. The maximum Gasteiger partial charge on any atom is 0.257 e. The molecule has 2 rings (SSSR count). The highest BCUT2D eigenvalue weighted by Gasteiger charge is 2.10. The molecule has 2 aromatic rings. The van der Waals surface area contributed by atoms with Gasteiger partial charge in [-0.15, -0.1) is 0 Å². The number of nitrogen functional groups attached to an aromatic ring is 1. The number of halogens is 1. The number of rotatable bonds is 2. The minimum atomic E-state index is -0.271. The molecule has 0 bridgehead atoms. The zero-order valence-electron chi connectivity index (χ0n) is 7.98. The first kappa shape index (κ1) is 10.8. The number of hydrogen-bond acceptors (Lipinski definition) is 5. The van der Waals surface area contributed by atoms with E-state index in [-0.39, 0.29) is 11.1 Å². The maximum absolute atomic E-state index is 11.7. The Morgan fingerprint density at radius 1 is 1.44 bits per heavy atom. The molecular formula is C9H7ClN4OS. The molecule has 5 nitrogen and oxygen atoms in total. The highest BCUT2D eigenvalue weighted by Crippen LogP contribution is 2.29. The molecule has 0 fully saturated rings. The predicted molar refractivity (Wildman–Crippen MR) is 63.7 cm³/mol. The average molecular weight is 255 g/mol. The molecule has 0 aliphatic rings. The molecule has 0 aliphatic heterocycles. The van der Waals surface area contributed by atoms with Crippen LogP contribution in [0.2, 0.25) is 5.15 Å². The van der Waals surface area contributed by atoms with Gasteiger partial charge in [0.2, 0.25) is 0 Å². The van der Waals surface area contributed by atoms with Crippen LogP contribution in [0.3, 0.4) is 0 Å². The van der Waals surface area contributed by atoms with Crippen molar-refractivity contribution in [1.82, 2.24) is 9.97 Å². The Morgan fingerprint density at radius 2 is 2.12 bits per heavy atom. The molecule has 7 heteroatoms. The lowest BCUT2D eigenvalue weighted by molar-refractivity contribution is 0.102. The van der Waals surface area contributed by atoms with Crippen LogP contribution in [-0.2, 0) is 0 Å². The molecule has 0 spiro atoms. The minimum absolute atomic E-state index is 0.204. The largest absolute Gasteiger partial charge is 0.388 e. The lowest BCUT2D eigenvalue weighted by Gasteiger charge is -1.99. The van der Waals surface area contributed by atoms with Gasteiger partial charge in [-0.3, -0.25) is 15.1 Å². The average Bonchev–Trinajstić information content (AvgIpc) is 2.59. The summed E-state index contributed by atoms with van der Waals surface area (Å²) < 4.78 is 0. The molecule has 1 amide bonds. The Kier molecular flexibility index (Phi) is 3.02. The number of hydrogen-bond donors (Lipinski definition) is 2. The van der Waals surface area contributed by atoms with Crippen molar-refractivity contribution >= 4 is 39.0 Å². The van der Waals surface area contributed by atoms with E-state index in [1.807, 2.05) is 0 Å². The first-order valence-electron chi connectivity index (χ1n) is 4.30. The molecule has 0 radical (unpaired) electrons. The normalized spacial score (nSPS) is 10.1. The van der Waals surface area contributed by atoms with Gasteiger partial charge in [0.25, 0.3) is 5.91 Å². The second-order valence-corrected chi connectivity index (χ2v) is 4.25. The maximum atomic E-state index is 11.7. The Bertz CT molecular complexity index is 494. The van der Waals surface area contributed by atoms with Gasteiger partial charge in [0.05, 0.1) is 0 Å².